The summed E-state index contributed by atoms with van der Waals surface area (Å²) in [6, 6.07) is 7.67. The van der Waals surface area contributed by atoms with Crippen LogP contribution < -0.4 is 10.6 Å². The lowest BCUT2D eigenvalue weighted by Gasteiger charge is -2.09. The molecule has 0 aliphatic carbocycles. The van der Waals surface area contributed by atoms with Gasteiger partial charge in [-0.2, -0.15) is 11.3 Å². The second-order valence-corrected chi connectivity index (χ2v) is 8.12. The zero-order valence-electron chi connectivity index (χ0n) is 13.9. The number of hydrogen-bond donors (Lipinski definition) is 2. The van der Waals surface area contributed by atoms with Crippen LogP contribution in [0.25, 0.3) is 10.6 Å². The number of benzene rings is 1. The molecular formula is C18H16BrN3O2S2. The van der Waals surface area contributed by atoms with Crippen molar-refractivity contribution >= 4 is 56.1 Å². The number of nitrogens with zero attached hydrogens (tertiary/aromatic N) is 1. The summed E-state index contributed by atoms with van der Waals surface area (Å²) >= 11 is 6.41. The molecule has 26 heavy (non-hydrogen) atoms. The van der Waals surface area contributed by atoms with Crippen molar-refractivity contribution in [1.29, 1.82) is 0 Å². The maximum Gasteiger partial charge on any atom is 0.270 e. The molecule has 2 heterocycles. The minimum Gasteiger partial charge on any atom is -0.350 e. The lowest BCUT2D eigenvalue weighted by atomic mass is 10.2. The van der Waals surface area contributed by atoms with Crippen molar-refractivity contribution in [1.82, 2.24) is 10.3 Å². The van der Waals surface area contributed by atoms with Crippen LogP contribution in [0.2, 0.25) is 0 Å². The van der Waals surface area contributed by atoms with E-state index >= 15 is 0 Å². The number of aryl methyl sites for hydroxylation is 1. The highest BCUT2D eigenvalue weighted by Crippen LogP contribution is 2.25. The zero-order chi connectivity index (χ0) is 18.5. The molecule has 0 radical (unpaired) electrons. The van der Waals surface area contributed by atoms with Crippen LogP contribution in [-0.2, 0) is 4.79 Å². The Hall–Kier alpha value is -2.03. The van der Waals surface area contributed by atoms with E-state index in [4.69, 9.17) is 0 Å². The van der Waals surface area contributed by atoms with Gasteiger partial charge in [-0.1, -0.05) is 22.0 Å². The zero-order valence-corrected chi connectivity index (χ0v) is 17.1. The number of anilines is 1. The van der Waals surface area contributed by atoms with Crippen molar-refractivity contribution < 1.29 is 9.59 Å². The molecule has 0 unspecified atom stereocenters. The summed E-state index contributed by atoms with van der Waals surface area (Å²) in [5, 5.41) is 12.1. The maximum absolute atomic E-state index is 12.2. The Bertz CT molecular complexity index is 922. The van der Waals surface area contributed by atoms with Gasteiger partial charge in [0.15, 0.2) is 0 Å². The van der Waals surface area contributed by atoms with Gasteiger partial charge in [0.25, 0.3) is 5.91 Å². The normalized spacial score (nSPS) is 10.5. The quantitative estimate of drug-likeness (QED) is 0.572. The molecule has 0 spiro atoms. The molecule has 0 saturated carbocycles. The molecule has 0 bridgehead atoms. The summed E-state index contributed by atoms with van der Waals surface area (Å²) in [5.41, 5.74) is 3.13. The van der Waals surface area contributed by atoms with Crippen molar-refractivity contribution in [3.05, 3.63) is 56.1 Å². The Labute approximate surface area is 167 Å². The van der Waals surface area contributed by atoms with Crippen LogP contribution in [0.3, 0.4) is 0 Å². The highest BCUT2D eigenvalue weighted by atomic mass is 79.9. The first kappa shape index (κ1) is 18.8. The average molecular weight is 450 g/mol. The SMILES string of the molecule is Cc1ccc(Br)cc1NC(=O)CCNC(=O)c1csc(-c2ccsc2)n1. The van der Waals surface area contributed by atoms with Gasteiger partial charge in [-0.05, 0) is 36.1 Å². The van der Waals surface area contributed by atoms with Crippen molar-refractivity contribution in [3.63, 3.8) is 0 Å². The topological polar surface area (TPSA) is 71.1 Å². The third-order valence-electron chi connectivity index (χ3n) is 3.62. The summed E-state index contributed by atoms with van der Waals surface area (Å²) < 4.78 is 0.900. The second kappa shape index (κ2) is 8.57. The number of thiazole rings is 1. The van der Waals surface area contributed by atoms with E-state index in [1.807, 2.05) is 41.9 Å². The summed E-state index contributed by atoms with van der Waals surface area (Å²) in [4.78, 5) is 28.6. The van der Waals surface area contributed by atoms with E-state index < -0.39 is 0 Å². The molecule has 0 fully saturated rings. The van der Waals surface area contributed by atoms with Gasteiger partial charge in [-0.15, -0.1) is 11.3 Å². The van der Waals surface area contributed by atoms with Gasteiger partial charge in [0.1, 0.15) is 10.7 Å². The molecule has 2 N–H and O–H groups in total. The molecule has 134 valence electrons. The van der Waals surface area contributed by atoms with E-state index in [1.165, 1.54) is 11.3 Å². The molecule has 8 heteroatoms. The van der Waals surface area contributed by atoms with E-state index in [1.54, 1.807) is 16.7 Å². The van der Waals surface area contributed by atoms with Crippen molar-refractivity contribution in [3.8, 4) is 10.6 Å². The average Bonchev–Trinajstić information content (AvgIpc) is 3.28. The lowest BCUT2D eigenvalue weighted by molar-refractivity contribution is -0.116. The van der Waals surface area contributed by atoms with Crippen LogP contribution in [-0.4, -0.2) is 23.3 Å². The number of rotatable bonds is 6. The van der Waals surface area contributed by atoms with Crippen LogP contribution in [0.1, 0.15) is 22.5 Å². The van der Waals surface area contributed by atoms with E-state index in [0.29, 0.717) is 5.69 Å². The number of halogens is 1. The van der Waals surface area contributed by atoms with Gasteiger partial charge < -0.3 is 10.6 Å². The van der Waals surface area contributed by atoms with E-state index in [0.717, 1.165) is 26.3 Å². The Kier molecular flexibility index (Phi) is 6.18. The summed E-state index contributed by atoms with van der Waals surface area (Å²) in [6.07, 6.45) is 0.194. The number of hydrogen-bond acceptors (Lipinski definition) is 5. The predicted octanol–water partition coefficient (Wildman–Crippen LogP) is 4.70. The molecule has 5 nitrogen and oxygen atoms in total. The Balaban J connectivity index is 1.49. The third-order valence-corrected chi connectivity index (χ3v) is 5.68. The smallest absolute Gasteiger partial charge is 0.270 e. The molecule has 3 rings (SSSR count). The first-order valence-corrected chi connectivity index (χ1v) is 10.5. The molecule has 0 aliphatic rings. The highest BCUT2D eigenvalue weighted by molar-refractivity contribution is 9.10. The van der Waals surface area contributed by atoms with Crippen LogP contribution in [0.5, 0.6) is 0 Å². The highest BCUT2D eigenvalue weighted by Gasteiger charge is 2.12. The van der Waals surface area contributed by atoms with Crippen molar-refractivity contribution in [2.45, 2.75) is 13.3 Å². The third kappa shape index (κ3) is 4.78. The van der Waals surface area contributed by atoms with Crippen LogP contribution in [0.4, 0.5) is 5.69 Å². The molecule has 2 amide bonds. The summed E-state index contributed by atoms with van der Waals surface area (Å²) in [5.74, 6) is -0.419. The van der Waals surface area contributed by atoms with Gasteiger partial charge in [0.2, 0.25) is 5.91 Å². The Morgan fingerprint density at radius 1 is 1.23 bits per heavy atom. The van der Waals surface area contributed by atoms with E-state index in [9.17, 15) is 9.59 Å². The molecular weight excluding hydrogens is 434 g/mol. The predicted molar refractivity (Wildman–Crippen MR) is 110 cm³/mol. The van der Waals surface area contributed by atoms with Crippen molar-refractivity contribution in [2.24, 2.45) is 0 Å². The minimum atomic E-state index is -0.269. The molecule has 1 aromatic carbocycles. The number of thiophene rings is 1. The standard InChI is InChI=1S/C18H16BrN3O2S2/c1-11-2-3-13(19)8-14(11)21-16(23)4-6-20-17(24)15-10-26-18(22-15)12-5-7-25-9-12/h2-3,5,7-10H,4,6H2,1H3,(H,20,24)(H,21,23). The van der Waals surface area contributed by atoms with Gasteiger partial charge >= 0.3 is 0 Å². The summed E-state index contributed by atoms with van der Waals surface area (Å²) in [6.45, 7) is 2.18. The van der Waals surface area contributed by atoms with Crippen LogP contribution in [0, 0.1) is 6.92 Å². The number of amides is 2. The lowest BCUT2D eigenvalue weighted by Crippen LogP contribution is -2.28. The van der Waals surface area contributed by atoms with Crippen LogP contribution >= 0.6 is 38.6 Å². The first-order chi connectivity index (χ1) is 12.5. The largest absolute Gasteiger partial charge is 0.350 e. The molecule has 0 saturated heterocycles. The summed E-state index contributed by atoms with van der Waals surface area (Å²) in [7, 11) is 0. The number of carbonyl (C=O) groups excluding carboxylic acids is 2. The number of carbonyl (C=O) groups is 2. The van der Waals surface area contributed by atoms with Crippen LogP contribution in [0.15, 0.2) is 44.9 Å². The number of nitrogens with one attached hydrogen (secondary N) is 2. The monoisotopic (exact) mass is 449 g/mol. The van der Waals surface area contributed by atoms with Gasteiger partial charge in [-0.3, -0.25) is 9.59 Å². The van der Waals surface area contributed by atoms with Gasteiger partial charge in [-0.25, -0.2) is 4.98 Å². The molecule has 0 aliphatic heterocycles. The first-order valence-electron chi connectivity index (χ1n) is 7.85. The Morgan fingerprint density at radius 3 is 2.85 bits per heavy atom. The van der Waals surface area contributed by atoms with Crippen molar-refractivity contribution in [2.75, 3.05) is 11.9 Å². The molecule has 3 aromatic rings. The Morgan fingerprint density at radius 2 is 2.08 bits per heavy atom. The number of aromatic nitrogens is 1. The van der Waals surface area contributed by atoms with E-state index in [2.05, 4.69) is 31.5 Å². The molecule has 2 aromatic heterocycles. The van der Waals surface area contributed by atoms with E-state index in [-0.39, 0.29) is 24.8 Å². The van der Waals surface area contributed by atoms with Gasteiger partial charge in [0.05, 0.1) is 0 Å². The fourth-order valence-corrected chi connectivity index (χ4v) is 4.09. The fraction of sp³-hybridized carbons (Fsp3) is 0.167. The minimum absolute atomic E-state index is 0.149. The second-order valence-electron chi connectivity index (χ2n) is 5.56. The van der Waals surface area contributed by atoms with Gasteiger partial charge in [0, 0.05) is 39.4 Å². The maximum atomic E-state index is 12.2. The fourth-order valence-electron chi connectivity index (χ4n) is 2.22. The molecule has 0 atom stereocenters.